The van der Waals surface area contributed by atoms with E-state index in [0.29, 0.717) is 13.2 Å². The Bertz CT molecular complexity index is 349. The Morgan fingerprint density at radius 3 is 3.25 bits per heavy atom. The van der Waals surface area contributed by atoms with Gasteiger partial charge in [-0.1, -0.05) is 0 Å². The molecule has 2 rings (SSSR count). The number of hydrogen-bond donors (Lipinski definition) is 1. The number of rotatable bonds is 3. The molecule has 1 saturated heterocycles. The summed E-state index contributed by atoms with van der Waals surface area (Å²) in [5, 5.41) is 0.987. The van der Waals surface area contributed by atoms with Gasteiger partial charge in [0.15, 0.2) is 0 Å². The molecule has 0 saturated carbocycles. The van der Waals surface area contributed by atoms with Crippen LogP contribution in [0.3, 0.4) is 0 Å². The molecule has 2 heterocycles. The molecule has 1 atom stereocenters. The molecule has 1 aromatic heterocycles. The van der Waals surface area contributed by atoms with E-state index in [1.54, 1.807) is 18.1 Å². The van der Waals surface area contributed by atoms with Crippen LogP contribution < -0.4 is 10.6 Å². The Labute approximate surface area is 99.4 Å². The first-order chi connectivity index (χ1) is 7.83. The highest BCUT2D eigenvalue weighted by molar-refractivity contribution is 7.98. The van der Waals surface area contributed by atoms with E-state index in [2.05, 4.69) is 14.9 Å². The average molecular weight is 240 g/mol. The zero-order chi connectivity index (χ0) is 11.4. The second-order valence-electron chi connectivity index (χ2n) is 3.59. The van der Waals surface area contributed by atoms with Crippen LogP contribution in [0.1, 0.15) is 0 Å². The maximum atomic E-state index is 5.61. The number of anilines is 1. The zero-order valence-electron chi connectivity index (χ0n) is 9.30. The molecule has 6 heteroatoms. The maximum Gasteiger partial charge on any atom is 0.133 e. The van der Waals surface area contributed by atoms with Crippen LogP contribution in [-0.2, 0) is 4.74 Å². The maximum absolute atomic E-state index is 5.61. The van der Waals surface area contributed by atoms with Gasteiger partial charge in [0, 0.05) is 25.7 Å². The van der Waals surface area contributed by atoms with Gasteiger partial charge >= 0.3 is 0 Å². The van der Waals surface area contributed by atoms with Crippen LogP contribution in [-0.4, -0.2) is 48.6 Å². The Balaban J connectivity index is 2.10. The van der Waals surface area contributed by atoms with Gasteiger partial charge in [-0.2, -0.15) is 0 Å². The fourth-order valence-electron chi connectivity index (χ4n) is 1.68. The first-order valence-electron chi connectivity index (χ1n) is 5.26. The SMILES string of the molecule is CSc1cc(N2CCOC(CN)C2)ncn1. The van der Waals surface area contributed by atoms with Gasteiger partial charge in [-0.05, 0) is 6.26 Å². The Kier molecular flexibility index (Phi) is 3.98. The largest absolute Gasteiger partial charge is 0.373 e. The number of nitrogens with zero attached hydrogens (tertiary/aromatic N) is 3. The molecule has 1 unspecified atom stereocenters. The van der Waals surface area contributed by atoms with Crippen LogP contribution in [0.4, 0.5) is 5.82 Å². The predicted octanol–water partition coefficient (Wildman–Crippen LogP) is 0.362. The molecule has 0 aliphatic carbocycles. The first-order valence-corrected chi connectivity index (χ1v) is 6.48. The summed E-state index contributed by atoms with van der Waals surface area (Å²) in [5.74, 6) is 0.959. The molecule has 0 spiro atoms. The van der Waals surface area contributed by atoms with Gasteiger partial charge in [0.25, 0.3) is 0 Å². The van der Waals surface area contributed by atoms with Crippen molar-refractivity contribution in [1.29, 1.82) is 0 Å². The van der Waals surface area contributed by atoms with E-state index in [9.17, 15) is 0 Å². The molecule has 1 aliphatic rings. The molecule has 2 N–H and O–H groups in total. The summed E-state index contributed by atoms with van der Waals surface area (Å²) in [5.41, 5.74) is 5.61. The van der Waals surface area contributed by atoms with Crippen molar-refractivity contribution >= 4 is 17.6 Å². The van der Waals surface area contributed by atoms with Crippen LogP contribution >= 0.6 is 11.8 Å². The van der Waals surface area contributed by atoms with Gasteiger partial charge in [-0.25, -0.2) is 9.97 Å². The molecule has 5 nitrogen and oxygen atoms in total. The highest BCUT2D eigenvalue weighted by Crippen LogP contribution is 2.19. The minimum atomic E-state index is 0.112. The van der Waals surface area contributed by atoms with Crippen molar-refractivity contribution in [3.05, 3.63) is 12.4 Å². The summed E-state index contributed by atoms with van der Waals surface area (Å²) < 4.78 is 5.52. The zero-order valence-corrected chi connectivity index (χ0v) is 10.1. The molecule has 0 bridgehead atoms. The van der Waals surface area contributed by atoms with Crippen molar-refractivity contribution in [3.8, 4) is 0 Å². The molecular weight excluding hydrogens is 224 g/mol. The van der Waals surface area contributed by atoms with Crippen molar-refractivity contribution in [2.75, 3.05) is 37.4 Å². The molecule has 0 aromatic carbocycles. The summed E-state index contributed by atoms with van der Waals surface area (Å²) in [7, 11) is 0. The van der Waals surface area contributed by atoms with Gasteiger partial charge in [0.2, 0.25) is 0 Å². The molecule has 1 aliphatic heterocycles. The number of hydrogen-bond acceptors (Lipinski definition) is 6. The molecule has 88 valence electrons. The quantitative estimate of drug-likeness (QED) is 0.608. The number of morpholine rings is 1. The highest BCUT2D eigenvalue weighted by Gasteiger charge is 2.20. The van der Waals surface area contributed by atoms with Crippen LogP contribution in [0.5, 0.6) is 0 Å². The lowest BCUT2D eigenvalue weighted by atomic mass is 10.2. The second-order valence-corrected chi connectivity index (χ2v) is 4.42. The number of ether oxygens (including phenoxy) is 1. The third kappa shape index (κ3) is 2.63. The van der Waals surface area contributed by atoms with E-state index >= 15 is 0 Å². The summed E-state index contributed by atoms with van der Waals surface area (Å²) in [6.45, 7) is 2.93. The summed E-state index contributed by atoms with van der Waals surface area (Å²) in [6, 6.07) is 2.00. The number of aromatic nitrogens is 2. The second kappa shape index (κ2) is 5.47. The van der Waals surface area contributed by atoms with Gasteiger partial charge in [-0.3, -0.25) is 0 Å². The van der Waals surface area contributed by atoms with E-state index in [1.807, 2.05) is 12.3 Å². The topological polar surface area (TPSA) is 64.3 Å². The van der Waals surface area contributed by atoms with Crippen LogP contribution in [0.25, 0.3) is 0 Å². The number of nitrogens with two attached hydrogens (primary N) is 1. The summed E-state index contributed by atoms with van der Waals surface area (Å²) in [4.78, 5) is 10.6. The average Bonchev–Trinajstić information content (AvgIpc) is 2.39. The van der Waals surface area contributed by atoms with Gasteiger partial charge in [-0.15, -0.1) is 11.8 Å². The van der Waals surface area contributed by atoms with Crippen molar-refractivity contribution in [2.24, 2.45) is 5.73 Å². The van der Waals surface area contributed by atoms with Crippen molar-refractivity contribution < 1.29 is 4.74 Å². The fraction of sp³-hybridized carbons (Fsp3) is 0.600. The predicted molar refractivity (Wildman–Crippen MR) is 64.8 cm³/mol. The fourth-order valence-corrected chi connectivity index (χ4v) is 2.06. The van der Waals surface area contributed by atoms with Crippen LogP contribution in [0.2, 0.25) is 0 Å². The van der Waals surface area contributed by atoms with E-state index in [4.69, 9.17) is 10.5 Å². The van der Waals surface area contributed by atoms with E-state index in [0.717, 1.165) is 23.9 Å². The lowest BCUT2D eigenvalue weighted by Crippen LogP contribution is -2.46. The molecule has 0 radical (unpaired) electrons. The lowest BCUT2D eigenvalue weighted by Gasteiger charge is -2.33. The van der Waals surface area contributed by atoms with Crippen LogP contribution in [0.15, 0.2) is 17.4 Å². The lowest BCUT2D eigenvalue weighted by molar-refractivity contribution is 0.0463. The Morgan fingerprint density at radius 1 is 1.62 bits per heavy atom. The molecule has 16 heavy (non-hydrogen) atoms. The normalized spacial score (nSPS) is 21.1. The Hall–Kier alpha value is -0.850. The third-order valence-electron chi connectivity index (χ3n) is 2.56. The monoisotopic (exact) mass is 240 g/mol. The van der Waals surface area contributed by atoms with Crippen LogP contribution in [0, 0.1) is 0 Å². The standard InChI is InChI=1S/C10H16N4OS/c1-16-10-4-9(12-7-13-10)14-2-3-15-8(5-11)6-14/h4,7-8H,2-3,5-6,11H2,1H3. The van der Waals surface area contributed by atoms with Gasteiger partial charge < -0.3 is 15.4 Å². The van der Waals surface area contributed by atoms with E-state index < -0.39 is 0 Å². The van der Waals surface area contributed by atoms with Crippen molar-refractivity contribution in [3.63, 3.8) is 0 Å². The third-order valence-corrected chi connectivity index (χ3v) is 3.20. The van der Waals surface area contributed by atoms with E-state index in [-0.39, 0.29) is 6.10 Å². The first kappa shape index (κ1) is 11.6. The smallest absolute Gasteiger partial charge is 0.133 e. The molecule has 0 amide bonds. The number of thioether (sulfide) groups is 1. The summed E-state index contributed by atoms with van der Waals surface area (Å²) in [6.07, 6.45) is 3.73. The minimum absolute atomic E-state index is 0.112. The van der Waals surface area contributed by atoms with Crippen molar-refractivity contribution in [1.82, 2.24) is 9.97 Å². The minimum Gasteiger partial charge on any atom is -0.373 e. The summed E-state index contributed by atoms with van der Waals surface area (Å²) >= 11 is 1.62. The Morgan fingerprint density at radius 2 is 2.50 bits per heavy atom. The van der Waals surface area contributed by atoms with Crippen molar-refractivity contribution in [2.45, 2.75) is 11.1 Å². The highest BCUT2D eigenvalue weighted by atomic mass is 32.2. The van der Waals surface area contributed by atoms with Gasteiger partial charge in [0.05, 0.1) is 12.7 Å². The molecule has 1 aromatic rings. The van der Waals surface area contributed by atoms with Gasteiger partial charge in [0.1, 0.15) is 17.2 Å². The molecule has 1 fully saturated rings. The molecular formula is C10H16N4OS. The van der Waals surface area contributed by atoms with E-state index in [1.165, 1.54) is 0 Å².